The summed E-state index contributed by atoms with van der Waals surface area (Å²) in [5.41, 5.74) is 8.66. The average Bonchev–Trinajstić information content (AvgIpc) is 1.40. The standard InChI is InChI=1S/C19H14Cl3N7O4S.C16H16N6O3.C13H14ClN5O2S2.C12H9N5O2S/c1-3-17(30)26-13-5-9(4-12(22)18(13)31)27-28-19-14(24-2)8-25-29(19)15-6-11(21)16(7-10(15)20)34(23,32)33;1-8-18-16(25-22-8)21-20-12-7-13(19-9(2)23)15(24)10-5-4-6-11(17-3)14(10)12;1-3-10(20)15-9-6-7(5-8(14)11(9)21)17-18-12-16-13(19-23-12)22-4-2;1-6-9(5-13)12(20-17-6)16-15-7-2-3-10(18)8(4-7)11(14)19/h4-8,31H,3H2,1H3,(H,26,30)(H2,23,32,33);4-7,17,24H,1-3H3,(H,19,23);5-6,21H,3-4H2,1-2H3,(H,15,20);2-4,18H,1H3,(H2,14,19). The molecule has 10 aromatic rings. The van der Waals surface area contributed by atoms with Gasteiger partial charge in [0.05, 0.1) is 89.6 Å². The van der Waals surface area contributed by atoms with Crippen molar-refractivity contribution >= 4 is 199 Å². The molecule has 0 atom stereocenters. The number of halogens is 4. The number of phenols is 4. The van der Waals surface area contributed by atoms with Crippen molar-refractivity contribution in [2.45, 2.75) is 64.4 Å². The SMILES string of the molecule is CCSc1nsc(N=Nc2cc(Cl)c(O)c(NC(=O)CC)c2)n1.CNc1cccc2c(O)c(NC(C)=O)cc(N=Nc3nc(C)no3)c12.Cc1nsc(N=Nc2ccc(O)c(C(N)=O)c2)c1C#N.[C-]#[N+]c1cnn(-c2cc(Cl)c(S(N)(=O)=O)cc2Cl)c1N=Nc1cc(Cl)c(O)c(NC(=O)CC)c1. The zero-order valence-corrected chi connectivity index (χ0v) is 60.0. The van der Waals surface area contributed by atoms with Crippen molar-refractivity contribution in [1.29, 1.82) is 5.26 Å². The van der Waals surface area contributed by atoms with E-state index in [0.717, 1.165) is 45.3 Å². The van der Waals surface area contributed by atoms with Gasteiger partial charge in [-0.1, -0.05) is 101 Å². The lowest BCUT2D eigenvalue weighted by Gasteiger charge is -2.13. The number of nitrogens with one attached hydrogen (secondary N) is 4. The Morgan fingerprint density at radius 1 is 0.745 bits per heavy atom. The predicted molar refractivity (Wildman–Crippen MR) is 385 cm³/mol. The molecular weight excluding hydrogens is 1490 g/mol. The maximum atomic E-state index is 11.7. The van der Waals surface area contributed by atoms with Crippen LogP contribution < -0.4 is 32.1 Å². The Labute approximate surface area is 610 Å². The number of amides is 4. The molecule has 34 nitrogen and oxygen atoms in total. The summed E-state index contributed by atoms with van der Waals surface area (Å²) in [6.45, 7) is 17.5. The Morgan fingerprint density at radius 3 is 1.95 bits per heavy atom. The number of hydrogen-bond acceptors (Lipinski definition) is 30. The maximum absolute atomic E-state index is 11.7. The number of aromatic nitrogens is 7. The number of rotatable bonds is 19. The number of nitrogens with zero attached hydrogens (tertiary/aromatic N) is 17. The molecule has 4 heterocycles. The molecule has 4 aromatic heterocycles. The number of aromatic hydroxyl groups is 4. The normalized spacial score (nSPS) is 11.2. The van der Waals surface area contributed by atoms with Gasteiger partial charge in [-0.15, -0.1) is 30.7 Å². The van der Waals surface area contributed by atoms with Gasteiger partial charge in [0.1, 0.15) is 28.0 Å². The Kier molecular flexibility index (Phi) is 27.4. The van der Waals surface area contributed by atoms with E-state index in [0.29, 0.717) is 60.2 Å². The van der Waals surface area contributed by atoms with Gasteiger partial charge in [-0.05, 0) is 97.9 Å². The summed E-state index contributed by atoms with van der Waals surface area (Å²) in [5, 5.41) is 107. The predicted octanol–water partition coefficient (Wildman–Crippen LogP) is 16.5. The molecule has 0 saturated carbocycles. The van der Waals surface area contributed by atoms with Gasteiger partial charge in [-0.25, -0.2) is 23.1 Å². The Bertz CT molecular complexity index is 5190. The molecule has 0 aliphatic rings. The number of fused-ring (bicyclic) bond motifs is 1. The lowest BCUT2D eigenvalue weighted by Crippen LogP contribution is -2.13. The number of phenolic OH excluding ortho intramolecular Hbond substituents is 3. The quantitative estimate of drug-likeness (QED) is 0.0156. The van der Waals surface area contributed by atoms with E-state index >= 15 is 0 Å². The molecule has 526 valence electrons. The largest absolute Gasteiger partial charge is 0.507 e. The van der Waals surface area contributed by atoms with Gasteiger partial charge in [0, 0.05) is 54.8 Å². The zero-order valence-electron chi connectivity index (χ0n) is 53.8. The number of anilines is 4. The lowest BCUT2D eigenvalue weighted by molar-refractivity contribution is -0.116. The van der Waals surface area contributed by atoms with Crippen molar-refractivity contribution in [2.24, 2.45) is 51.8 Å². The van der Waals surface area contributed by atoms with Crippen LogP contribution in [0.5, 0.6) is 23.0 Å². The number of primary sulfonamides is 1. The van der Waals surface area contributed by atoms with Crippen LogP contribution in [0, 0.1) is 31.8 Å². The van der Waals surface area contributed by atoms with Crippen LogP contribution >= 0.6 is 81.2 Å². The molecule has 10 rings (SSSR count). The topological polar surface area (TPSA) is 506 Å². The summed E-state index contributed by atoms with van der Waals surface area (Å²) in [6.07, 6.45) is 1.66. The number of thioether (sulfide) groups is 1. The van der Waals surface area contributed by atoms with E-state index in [-0.39, 0.29) is 130 Å². The first-order chi connectivity index (χ1) is 48.5. The third-order valence-electron chi connectivity index (χ3n) is 12.8. The van der Waals surface area contributed by atoms with E-state index in [1.807, 2.05) is 19.1 Å². The van der Waals surface area contributed by atoms with Crippen molar-refractivity contribution in [3.63, 3.8) is 0 Å². The van der Waals surface area contributed by atoms with Crippen LogP contribution in [0.25, 0.3) is 21.3 Å². The highest BCUT2D eigenvalue weighted by atomic mass is 35.5. The molecular formula is C60H53Cl4N23O11S4. The second-order valence-electron chi connectivity index (χ2n) is 19.9. The molecule has 12 N–H and O–H groups in total. The number of sulfonamides is 1. The number of azo groups is 4. The third-order valence-corrected chi connectivity index (χ3v) is 17.3. The molecule has 0 radical (unpaired) electrons. The van der Waals surface area contributed by atoms with Gasteiger partial charge in [-0.3, -0.25) is 19.2 Å². The second-order valence-corrected chi connectivity index (χ2v) is 25.8. The van der Waals surface area contributed by atoms with Gasteiger partial charge >= 0.3 is 6.01 Å². The summed E-state index contributed by atoms with van der Waals surface area (Å²) < 4.78 is 37.6. The minimum Gasteiger partial charge on any atom is -0.507 e. The molecule has 0 bridgehead atoms. The van der Waals surface area contributed by atoms with Crippen molar-refractivity contribution in [3.05, 3.63) is 139 Å². The van der Waals surface area contributed by atoms with Crippen LogP contribution in [0.4, 0.5) is 73.2 Å². The van der Waals surface area contributed by atoms with Crippen molar-refractivity contribution in [3.8, 4) is 34.8 Å². The van der Waals surface area contributed by atoms with Gasteiger partial charge in [0.25, 0.3) is 11.6 Å². The van der Waals surface area contributed by atoms with Crippen LogP contribution in [0.15, 0.2) is 141 Å². The highest BCUT2D eigenvalue weighted by Crippen LogP contribution is 2.45. The molecule has 4 amide bonds. The number of primary amides is 1. The number of aryl methyl sites for hydroxylation is 2. The minimum atomic E-state index is -4.13. The fourth-order valence-corrected chi connectivity index (χ4v) is 11.8. The second kappa shape index (κ2) is 35.7. The first-order valence-electron chi connectivity index (χ1n) is 28.8. The molecule has 0 unspecified atom stereocenters. The Morgan fingerprint density at radius 2 is 1.38 bits per heavy atom. The molecule has 0 saturated heterocycles. The van der Waals surface area contributed by atoms with Crippen LogP contribution in [-0.4, -0.2) is 98.9 Å². The van der Waals surface area contributed by atoms with E-state index in [1.165, 1.54) is 79.5 Å². The molecule has 0 aliphatic heterocycles. The monoisotopic (exact) mass is 1540 g/mol. The van der Waals surface area contributed by atoms with Crippen LogP contribution in [0.1, 0.15) is 68.0 Å². The maximum Gasteiger partial charge on any atom is 0.366 e. The Balaban J connectivity index is 0.000000194. The van der Waals surface area contributed by atoms with Gasteiger partial charge in [-0.2, -0.15) is 34.2 Å². The highest BCUT2D eigenvalue weighted by molar-refractivity contribution is 7.99. The number of nitrogens with two attached hydrogens (primary N) is 2. The Hall–Kier alpha value is -11.2. The summed E-state index contributed by atoms with van der Waals surface area (Å²) in [5.74, 6) is -1.21. The van der Waals surface area contributed by atoms with Crippen molar-refractivity contribution in [1.82, 2.24) is 33.7 Å². The number of hydrogen-bond donors (Lipinski definition) is 10. The fraction of sp³-hybridized carbons (Fsp3) is 0.167. The zero-order chi connectivity index (χ0) is 74.7. The summed E-state index contributed by atoms with van der Waals surface area (Å²) in [4.78, 5) is 56.8. The van der Waals surface area contributed by atoms with E-state index in [1.54, 1.807) is 46.9 Å². The van der Waals surface area contributed by atoms with E-state index in [2.05, 4.69) is 96.0 Å². The molecule has 102 heavy (non-hydrogen) atoms. The number of benzene rings is 6. The third kappa shape index (κ3) is 20.5. The minimum absolute atomic E-state index is 0.00385. The van der Waals surface area contributed by atoms with Crippen LogP contribution in [-0.2, 0) is 24.4 Å². The van der Waals surface area contributed by atoms with Crippen LogP contribution in [0.2, 0.25) is 20.1 Å². The van der Waals surface area contributed by atoms with Crippen molar-refractivity contribution < 1.29 is 52.5 Å². The highest BCUT2D eigenvalue weighted by Gasteiger charge is 2.22. The van der Waals surface area contributed by atoms with Gasteiger partial charge in [0.15, 0.2) is 28.1 Å². The number of carbonyl (C=O) groups is 4. The summed E-state index contributed by atoms with van der Waals surface area (Å²) in [6, 6.07) is 20.8. The van der Waals surface area contributed by atoms with E-state index in [4.69, 9.17) is 73.6 Å². The fourth-order valence-electron chi connectivity index (χ4n) is 8.05. The van der Waals surface area contributed by atoms with Crippen molar-refractivity contribution in [2.75, 3.05) is 34.1 Å². The summed E-state index contributed by atoms with van der Waals surface area (Å²) >= 11 is 28.0. The van der Waals surface area contributed by atoms with E-state index < -0.39 is 15.9 Å². The first-order valence-corrected chi connectivity index (χ1v) is 34.4. The van der Waals surface area contributed by atoms with Gasteiger partial charge in [0.2, 0.25) is 38.0 Å². The first kappa shape index (κ1) is 78.1. The molecule has 0 spiro atoms. The molecule has 42 heteroatoms. The molecule has 0 fully saturated rings. The molecule has 6 aromatic carbocycles. The van der Waals surface area contributed by atoms with Gasteiger partial charge < -0.3 is 52.0 Å². The lowest BCUT2D eigenvalue weighted by atomic mass is 10.0. The number of nitriles is 1. The average molecular weight is 1540 g/mol. The van der Waals surface area contributed by atoms with E-state index in [9.17, 15) is 48.0 Å². The molecule has 0 aliphatic carbocycles. The number of carbonyl (C=O) groups excluding carboxylic acids is 4. The smallest absolute Gasteiger partial charge is 0.366 e. The summed E-state index contributed by atoms with van der Waals surface area (Å²) in [7, 11) is -2.37. The van der Waals surface area contributed by atoms with Crippen LogP contribution in [0.3, 0.4) is 0 Å².